The summed E-state index contributed by atoms with van der Waals surface area (Å²) in [6, 6.07) is 21.7. The standard InChI is InChI=1S/C23H21N3OS/c1-15-13-16(2)25-22-19(15)20(24)21(28-22)23(27)26(18-11-7-4-8-12-18)14-17-9-5-3-6-10-17/h3-13H,14,24H2,1-2H3. The van der Waals surface area contributed by atoms with Crippen molar-refractivity contribution in [1.82, 2.24) is 4.98 Å². The highest BCUT2D eigenvalue weighted by atomic mass is 32.1. The zero-order chi connectivity index (χ0) is 19.7. The van der Waals surface area contributed by atoms with Crippen LogP contribution in [-0.2, 0) is 6.54 Å². The number of pyridine rings is 1. The van der Waals surface area contributed by atoms with E-state index >= 15 is 0 Å². The predicted octanol–water partition coefficient (Wildman–Crippen LogP) is 5.34. The average molecular weight is 388 g/mol. The number of amides is 1. The molecule has 0 fully saturated rings. The predicted molar refractivity (Wildman–Crippen MR) is 117 cm³/mol. The lowest BCUT2D eigenvalue weighted by molar-refractivity contribution is 0.0990. The molecule has 4 nitrogen and oxygen atoms in total. The zero-order valence-corrected chi connectivity index (χ0v) is 16.7. The molecule has 4 rings (SSSR count). The number of rotatable bonds is 4. The SMILES string of the molecule is Cc1cc(C)c2c(N)c(C(=O)N(Cc3ccccc3)c3ccccc3)sc2n1. The molecule has 1 amide bonds. The molecule has 140 valence electrons. The molecule has 4 aromatic rings. The molecule has 2 aromatic carbocycles. The second kappa shape index (κ2) is 7.44. The number of para-hydroxylation sites is 1. The maximum atomic E-state index is 13.6. The van der Waals surface area contributed by atoms with Crippen LogP contribution in [0.2, 0.25) is 0 Å². The van der Waals surface area contributed by atoms with E-state index in [4.69, 9.17) is 5.73 Å². The highest BCUT2D eigenvalue weighted by molar-refractivity contribution is 7.21. The van der Waals surface area contributed by atoms with Gasteiger partial charge in [-0.15, -0.1) is 11.3 Å². The molecule has 0 saturated heterocycles. The maximum Gasteiger partial charge on any atom is 0.270 e. The number of aryl methyl sites for hydroxylation is 2. The van der Waals surface area contributed by atoms with Gasteiger partial charge in [-0.25, -0.2) is 4.98 Å². The lowest BCUT2D eigenvalue weighted by atomic mass is 10.1. The first-order valence-electron chi connectivity index (χ1n) is 9.11. The minimum atomic E-state index is -0.104. The number of anilines is 2. The number of fused-ring (bicyclic) bond motifs is 1. The van der Waals surface area contributed by atoms with E-state index < -0.39 is 0 Å². The Hall–Kier alpha value is -3.18. The Balaban J connectivity index is 1.80. The van der Waals surface area contributed by atoms with Crippen molar-refractivity contribution in [2.24, 2.45) is 0 Å². The van der Waals surface area contributed by atoms with E-state index in [0.29, 0.717) is 17.1 Å². The Kier molecular flexibility index (Phi) is 4.84. The average Bonchev–Trinajstić information content (AvgIpc) is 3.03. The van der Waals surface area contributed by atoms with E-state index in [1.807, 2.05) is 80.6 Å². The van der Waals surface area contributed by atoms with Crippen molar-refractivity contribution in [3.63, 3.8) is 0 Å². The number of nitrogens with zero attached hydrogens (tertiary/aromatic N) is 2. The van der Waals surface area contributed by atoms with Crippen LogP contribution in [0.15, 0.2) is 66.7 Å². The molecular weight excluding hydrogens is 366 g/mol. The Labute approximate surface area is 168 Å². The number of carbonyl (C=O) groups is 1. The van der Waals surface area contributed by atoms with Gasteiger partial charge in [0.1, 0.15) is 9.71 Å². The molecule has 2 heterocycles. The van der Waals surface area contributed by atoms with E-state index in [9.17, 15) is 4.79 Å². The van der Waals surface area contributed by atoms with Crippen molar-refractivity contribution in [3.05, 3.63) is 88.4 Å². The van der Waals surface area contributed by atoms with Crippen molar-refractivity contribution in [1.29, 1.82) is 0 Å². The van der Waals surface area contributed by atoms with Crippen LogP contribution in [0.5, 0.6) is 0 Å². The summed E-state index contributed by atoms with van der Waals surface area (Å²) in [5, 5.41) is 0.881. The smallest absolute Gasteiger partial charge is 0.270 e. The first-order chi connectivity index (χ1) is 13.5. The van der Waals surface area contributed by atoms with Gasteiger partial charge in [0, 0.05) is 16.8 Å². The fourth-order valence-corrected chi connectivity index (χ4v) is 4.57. The van der Waals surface area contributed by atoms with E-state index in [1.54, 1.807) is 4.90 Å². The molecule has 0 bridgehead atoms. The Bertz CT molecular complexity index is 1140. The van der Waals surface area contributed by atoms with Crippen LogP contribution >= 0.6 is 11.3 Å². The fourth-order valence-electron chi connectivity index (χ4n) is 3.40. The molecule has 0 aliphatic carbocycles. The fraction of sp³-hybridized carbons (Fsp3) is 0.130. The molecule has 0 aliphatic heterocycles. The third-order valence-corrected chi connectivity index (χ3v) is 5.80. The van der Waals surface area contributed by atoms with Crippen molar-refractivity contribution < 1.29 is 4.79 Å². The van der Waals surface area contributed by atoms with Gasteiger partial charge in [0.25, 0.3) is 5.91 Å². The lowest BCUT2D eigenvalue weighted by Crippen LogP contribution is -2.30. The summed E-state index contributed by atoms with van der Waals surface area (Å²) in [7, 11) is 0. The van der Waals surface area contributed by atoms with Crippen LogP contribution < -0.4 is 10.6 Å². The first-order valence-corrected chi connectivity index (χ1v) is 9.93. The summed E-state index contributed by atoms with van der Waals surface area (Å²) in [6.45, 7) is 4.44. The van der Waals surface area contributed by atoms with Gasteiger partial charge in [0.05, 0.1) is 12.2 Å². The number of thiophene rings is 1. The molecule has 0 unspecified atom stereocenters. The van der Waals surface area contributed by atoms with Gasteiger partial charge in [0.15, 0.2) is 0 Å². The zero-order valence-electron chi connectivity index (χ0n) is 15.8. The van der Waals surface area contributed by atoms with E-state index in [1.165, 1.54) is 11.3 Å². The normalized spacial score (nSPS) is 10.9. The van der Waals surface area contributed by atoms with Crippen LogP contribution in [0.3, 0.4) is 0 Å². The van der Waals surface area contributed by atoms with Gasteiger partial charge in [-0.05, 0) is 43.2 Å². The van der Waals surface area contributed by atoms with Crippen LogP contribution in [0, 0.1) is 13.8 Å². The number of aromatic nitrogens is 1. The summed E-state index contributed by atoms with van der Waals surface area (Å²) in [6.07, 6.45) is 0. The van der Waals surface area contributed by atoms with Gasteiger partial charge >= 0.3 is 0 Å². The summed E-state index contributed by atoms with van der Waals surface area (Å²) in [5.74, 6) is -0.104. The van der Waals surface area contributed by atoms with Gasteiger partial charge in [-0.1, -0.05) is 48.5 Å². The maximum absolute atomic E-state index is 13.6. The summed E-state index contributed by atoms with van der Waals surface area (Å²) >= 11 is 1.37. The van der Waals surface area contributed by atoms with Gasteiger partial charge in [0.2, 0.25) is 0 Å². The largest absolute Gasteiger partial charge is 0.397 e. The summed E-state index contributed by atoms with van der Waals surface area (Å²) in [5.41, 5.74) is 10.8. The quantitative estimate of drug-likeness (QED) is 0.514. The molecule has 0 radical (unpaired) electrons. The number of benzene rings is 2. The second-order valence-corrected chi connectivity index (χ2v) is 7.82. The molecular formula is C23H21N3OS. The summed E-state index contributed by atoms with van der Waals surface area (Å²) in [4.78, 5) is 21.3. The lowest BCUT2D eigenvalue weighted by Gasteiger charge is -2.23. The monoisotopic (exact) mass is 387 g/mol. The molecule has 0 atom stereocenters. The van der Waals surface area contributed by atoms with Crippen LogP contribution in [0.4, 0.5) is 11.4 Å². The molecule has 5 heteroatoms. The number of hydrogen-bond donors (Lipinski definition) is 1. The number of nitrogen functional groups attached to an aromatic ring is 1. The van der Waals surface area contributed by atoms with Gasteiger partial charge < -0.3 is 10.6 Å². The number of nitrogens with two attached hydrogens (primary N) is 1. The van der Waals surface area contributed by atoms with E-state index in [2.05, 4.69) is 4.98 Å². The minimum Gasteiger partial charge on any atom is -0.397 e. The van der Waals surface area contributed by atoms with Crippen molar-refractivity contribution >= 4 is 38.8 Å². The molecule has 28 heavy (non-hydrogen) atoms. The Morgan fingerprint density at radius 1 is 1.04 bits per heavy atom. The minimum absolute atomic E-state index is 0.104. The number of hydrogen-bond acceptors (Lipinski definition) is 4. The Morgan fingerprint density at radius 2 is 1.68 bits per heavy atom. The number of carbonyl (C=O) groups excluding carboxylic acids is 1. The molecule has 0 spiro atoms. The Morgan fingerprint density at radius 3 is 2.36 bits per heavy atom. The molecule has 2 aromatic heterocycles. The van der Waals surface area contributed by atoms with Gasteiger partial charge in [-0.3, -0.25) is 4.79 Å². The highest BCUT2D eigenvalue weighted by Crippen LogP contribution is 2.36. The third-order valence-electron chi connectivity index (χ3n) is 4.71. The molecule has 0 saturated carbocycles. The van der Waals surface area contributed by atoms with Crippen LogP contribution in [0.25, 0.3) is 10.2 Å². The molecule has 2 N–H and O–H groups in total. The van der Waals surface area contributed by atoms with Crippen LogP contribution in [0.1, 0.15) is 26.5 Å². The third kappa shape index (κ3) is 3.37. The van der Waals surface area contributed by atoms with E-state index in [-0.39, 0.29) is 5.91 Å². The highest BCUT2D eigenvalue weighted by Gasteiger charge is 2.25. The summed E-state index contributed by atoms with van der Waals surface area (Å²) < 4.78 is 0. The van der Waals surface area contributed by atoms with Crippen molar-refractivity contribution in [3.8, 4) is 0 Å². The van der Waals surface area contributed by atoms with E-state index in [0.717, 1.165) is 32.7 Å². The second-order valence-electron chi connectivity index (χ2n) is 6.82. The van der Waals surface area contributed by atoms with Crippen molar-refractivity contribution in [2.75, 3.05) is 10.6 Å². The topological polar surface area (TPSA) is 59.2 Å². The molecule has 0 aliphatic rings. The van der Waals surface area contributed by atoms with Crippen LogP contribution in [-0.4, -0.2) is 10.9 Å². The van der Waals surface area contributed by atoms with Gasteiger partial charge in [-0.2, -0.15) is 0 Å². The van der Waals surface area contributed by atoms with Crippen molar-refractivity contribution in [2.45, 2.75) is 20.4 Å². The first kappa shape index (κ1) is 18.2.